The number of ether oxygens (including phenoxy) is 1. The first kappa shape index (κ1) is 19.1. The number of nitrogens with one attached hydrogen (secondary N) is 1. The van der Waals surface area contributed by atoms with Gasteiger partial charge in [-0.2, -0.15) is 0 Å². The SMILES string of the molecule is CCOC(=O)c1c(NC(=O)c2cccc3nc4ccccc4nc23)sc2ccccc12. The van der Waals surface area contributed by atoms with Crippen molar-refractivity contribution in [3.63, 3.8) is 0 Å². The van der Waals surface area contributed by atoms with Crippen molar-refractivity contribution in [3.05, 3.63) is 77.9 Å². The van der Waals surface area contributed by atoms with Crippen LogP contribution in [0.2, 0.25) is 0 Å². The lowest BCUT2D eigenvalue weighted by Crippen LogP contribution is -2.15. The topological polar surface area (TPSA) is 81.2 Å². The molecule has 1 N–H and O–H groups in total. The van der Waals surface area contributed by atoms with Crippen LogP contribution in [0, 0.1) is 0 Å². The Labute approximate surface area is 181 Å². The van der Waals surface area contributed by atoms with Crippen molar-refractivity contribution in [1.29, 1.82) is 0 Å². The summed E-state index contributed by atoms with van der Waals surface area (Å²) in [5.41, 5.74) is 3.38. The normalized spacial score (nSPS) is 11.1. The Morgan fingerprint density at radius 1 is 0.903 bits per heavy atom. The minimum Gasteiger partial charge on any atom is -0.462 e. The zero-order valence-electron chi connectivity index (χ0n) is 16.6. The van der Waals surface area contributed by atoms with Crippen LogP contribution in [-0.4, -0.2) is 28.5 Å². The van der Waals surface area contributed by atoms with Crippen LogP contribution in [0.15, 0.2) is 66.7 Å². The Morgan fingerprint density at radius 3 is 2.42 bits per heavy atom. The van der Waals surface area contributed by atoms with Crippen LogP contribution in [0.5, 0.6) is 0 Å². The standard InChI is InChI=1S/C24H17N3O3S/c1-2-30-24(29)20-14-8-3-6-13-19(14)31-23(20)27-22(28)15-9-7-12-18-21(15)26-17-11-5-4-10-16(17)25-18/h3-13H,2H2,1H3,(H,27,28). The van der Waals surface area contributed by atoms with Crippen LogP contribution in [0.1, 0.15) is 27.6 Å². The third-order valence-electron chi connectivity index (χ3n) is 4.92. The van der Waals surface area contributed by atoms with E-state index in [-0.39, 0.29) is 12.5 Å². The number of nitrogens with zero attached hydrogens (tertiary/aromatic N) is 2. The molecule has 5 rings (SSSR count). The Morgan fingerprint density at radius 2 is 1.61 bits per heavy atom. The molecule has 0 aliphatic rings. The van der Waals surface area contributed by atoms with Gasteiger partial charge in [-0.1, -0.05) is 36.4 Å². The number of carbonyl (C=O) groups excluding carboxylic acids is 2. The summed E-state index contributed by atoms with van der Waals surface area (Å²) < 4.78 is 6.13. The highest BCUT2D eigenvalue weighted by Crippen LogP contribution is 2.36. The van der Waals surface area contributed by atoms with Gasteiger partial charge in [-0.05, 0) is 37.3 Å². The van der Waals surface area contributed by atoms with Gasteiger partial charge in [0.15, 0.2) is 0 Å². The van der Waals surface area contributed by atoms with E-state index in [1.807, 2.05) is 54.6 Å². The van der Waals surface area contributed by atoms with E-state index in [9.17, 15) is 9.59 Å². The number of rotatable bonds is 4. The van der Waals surface area contributed by atoms with Gasteiger partial charge in [0.05, 0.1) is 28.7 Å². The summed E-state index contributed by atoms with van der Waals surface area (Å²) in [4.78, 5) is 35.2. The molecule has 0 bridgehead atoms. The second-order valence-corrected chi connectivity index (χ2v) is 7.91. The summed E-state index contributed by atoms with van der Waals surface area (Å²) in [6, 6.07) is 20.4. The van der Waals surface area contributed by atoms with E-state index in [0.717, 1.165) is 15.6 Å². The molecule has 5 aromatic rings. The monoisotopic (exact) mass is 427 g/mol. The highest BCUT2D eigenvalue weighted by molar-refractivity contribution is 7.23. The van der Waals surface area contributed by atoms with Crippen molar-refractivity contribution in [3.8, 4) is 0 Å². The molecule has 7 heteroatoms. The molecular formula is C24H17N3O3S. The van der Waals surface area contributed by atoms with Crippen LogP contribution in [0.3, 0.4) is 0 Å². The number of hydrogen-bond donors (Lipinski definition) is 1. The lowest BCUT2D eigenvalue weighted by molar-refractivity contribution is 0.0530. The first-order valence-corrected chi connectivity index (χ1v) is 10.6. The Balaban J connectivity index is 1.60. The predicted octanol–water partition coefficient (Wildman–Crippen LogP) is 5.43. The Hall–Kier alpha value is -3.84. The molecule has 0 spiro atoms. The van der Waals surface area contributed by atoms with Gasteiger partial charge >= 0.3 is 5.97 Å². The molecule has 1 amide bonds. The number of benzene rings is 3. The molecule has 0 saturated carbocycles. The molecule has 2 heterocycles. The zero-order valence-corrected chi connectivity index (χ0v) is 17.4. The molecule has 3 aromatic carbocycles. The number of carbonyl (C=O) groups is 2. The number of fused-ring (bicyclic) bond motifs is 3. The molecule has 0 aliphatic heterocycles. The molecule has 31 heavy (non-hydrogen) atoms. The molecule has 2 aromatic heterocycles. The summed E-state index contributed by atoms with van der Waals surface area (Å²) in [6.45, 7) is 2.01. The van der Waals surface area contributed by atoms with E-state index < -0.39 is 5.97 Å². The average molecular weight is 427 g/mol. The van der Waals surface area contributed by atoms with Gasteiger partial charge in [0, 0.05) is 10.1 Å². The number of hydrogen-bond acceptors (Lipinski definition) is 6. The van der Waals surface area contributed by atoms with E-state index in [1.54, 1.807) is 19.1 Å². The van der Waals surface area contributed by atoms with Gasteiger partial charge in [-0.15, -0.1) is 11.3 Å². The molecular weight excluding hydrogens is 410 g/mol. The third kappa shape index (κ3) is 3.39. The molecule has 0 fully saturated rings. The molecule has 0 saturated heterocycles. The molecule has 152 valence electrons. The van der Waals surface area contributed by atoms with E-state index in [0.29, 0.717) is 32.7 Å². The first-order valence-electron chi connectivity index (χ1n) is 9.81. The van der Waals surface area contributed by atoms with Gasteiger partial charge < -0.3 is 10.1 Å². The first-order chi connectivity index (χ1) is 15.2. The summed E-state index contributed by atoms with van der Waals surface area (Å²) in [6.07, 6.45) is 0. The molecule has 0 atom stereocenters. The van der Waals surface area contributed by atoms with Gasteiger partial charge in [-0.25, -0.2) is 14.8 Å². The van der Waals surface area contributed by atoms with Crippen molar-refractivity contribution in [1.82, 2.24) is 9.97 Å². The third-order valence-corrected chi connectivity index (χ3v) is 6.00. The summed E-state index contributed by atoms with van der Waals surface area (Å²) in [5, 5.41) is 4.12. The zero-order chi connectivity index (χ0) is 21.4. The maximum Gasteiger partial charge on any atom is 0.341 e. The van der Waals surface area contributed by atoms with E-state index >= 15 is 0 Å². The lowest BCUT2D eigenvalue weighted by Gasteiger charge is -2.09. The van der Waals surface area contributed by atoms with Crippen LogP contribution in [0.25, 0.3) is 32.2 Å². The maximum atomic E-state index is 13.2. The fraction of sp³-hybridized carbons (Fsp3) is 0.0833. The van der Waals surface area contributed by atoms with Crippen molar-refractivity contribution < 1.29 is 14.3 Å². The van der Waals surface area contributed by atoms with Crippen molar-refractivity contribution in [2.75, 3.05) is 11.9 Å². The van der Waals surface area contributed by atoms with Crippen molar-refractivity contribution in [2.45, 2.75) is 6.92 Å². The van der Waals surface area contributed by atoms with Crippen LogP contribution < -0.4 is 5.32 Å². The van der Waals surface area contributed by atoms with E-state index in [2.05, 4.69) is 15.3 Å². The van der Waals surface area contributed by atoms with Crippen molar-refractivity contribution >= 4 is 60.4 Å². The fourth-order valence-electron chi connectivity index (χ4n) is 3.54. The fourth-order valence-corrected chi connectivity index (χ4v) is 4.62. The van der Waals surface area contributed by atoms with Gasteiger partial charge in [0.1, 0.15) is 16.1 Å². The van der Waals surface area contributed by atoms with Crippen LogP contribution >= 0.6 is 11.3 Å². The quantitative estimate of drug-likeness (QED) is 0.306. The average Bonchev–Trinajstić information content (AvgIpc) is 3.15. The second-order valence-electron chi connectivity index (χ2n) is 6.86. The number of aromatic nitrogens is 2. The number of thiophene rings is 1. The number of esters is 1. The highest BCUT2D eigenvalue weighted by Gasteiger charge is 2.23. The molecule has 6 nitrogen and oxygen atoms in total. The summed E-state index contributed by atoms with van der Waals surface area (Å²) in [5.74, 6) is -0.814. The molecule has 0 aliphatic carbocycles. The number of para-hydroxylation sites is 3. The summed E-state index contributed by atoms with van der Waals surface area (Å²) >= 11 is 1.34. The van der Waals surface area contributed by atoms with Gasteiger partial charge in [0.2, 0.25) is 0 Å². The van der Waals surface area contributed by atoms with Crippen molar-refractivity contribution in [2.24, 2.45) is 0 Å². The van der Waals surface area contributed by atoms with Gasteiger partial charge in [-0.3, -0.25) is 4.79 Å². The minimum atomic E-state index is -0.459. The molecule has 0 unspecified atom stereocenters. The maximum absolute atomic E-state index is 13.2. The lowest BCUT2D eigenvalue weighted by atomic mass is 10.1. The number of anilines is 1. The van der Waals surface area contributed by atoms with E-state index in [1.165, 1.54) is 11.3 Å². The van der Waals surface area contributed by atoms with Crippen LogP contribution in [0.4, 0.5) is 5.00 Å². The molecule has 0 radical (unpaired) electrons. The summed E-state index contributed by atoms with van der Waals surface area (Å²) in [7, 11) is 0. The van der Waals surface area contributed by atoms with Crippen LogP contribution in [-0.2, 0) is 4.74 Å². The smallest absolute Gasteiger partial charge is 0.341 e. The Bertz CT molecular complexity index is 1480. The van der Waals surface area contributed by atoms with E-state index in [4.69, 9.17) is 4.74 Å². The predicted molar refractivity (Wildman–Crippen MR) is 123 cm³/mol. The second kappa shape index (κ2) is 7.77. The Kier molecular flexibility index (Phi) is 4.80. The minimum absolute atomic E-state index is 0.252. The highest BCUT2D eigenvalue weighted by atomic mass is 32.1. The van der Waals surface area contributed by atoms with Gasteiger partial charge in [0.25, 0.3) is 5.91 Å². The largest absolute Gasteiger partial charge is 0.462 e. The number of amides is 1.